The highest BCUT2D eigenvalue weighted by Crippen LogP contribution is 2.41. The van der Waals surface area contributed by atoms with Crippen LogP contribution >= 0.6 is 0 Å². The van der Waals surface area contributed by atoms with Gasteiger partial charge in [0.15, 0.2) is 11.6 Å². The first-order valence-electron chi connectivity index (χ1n) is 16.7. The second-order valence-electron chi connectivity index (χ2n) is 12.5. The lowest BCUT2D eigenvalue weighted by molar-refractivity contribution is 0.394. The predicted octanol–water partition coefficient (Wildman–Crippen LogP) is 9.73. The lowest BCUT2D eigenvalue weighted by atomic mass is 10.1. The Morgan fingerprint density at radius 1 is 0.451 bits per heavy atom. The van der Waals surface area contributed by atoms with Crippen LogP contribution in [0.25, 0.3) is 78.0 Å². The normalized spacial score (nSPS) is 11.5. The van der Waals surface area contributed by atoms with Gasteiger partial charge in [-0.1, -0.05) is 66.7 Å². The monoisotopic (exact) mass is 667 g/mol. The minimum Gasteiger partial charge on any atom is -0.497 e. The number of methoxy groups -OCH3 is 3. The number of hydrogen-bond donors (Lipinski definition) is 0. The number of rotatable bonds is 7. The van der Waals surface area contributed by atoms with Gasteiger partial charge in [-0.15, -0.1) is 0 Å². The third-order valence-electron chi connectivity index (χ3n) is 9.46. The van der Waals surface area contributed by atoms with Crippen molar-refractivity contribution >= 4 is 43.6 Å². The first kappa shape index (κ1) is 30.4. The number of fused-ring (bicyclic) bond motifs is 7. The molecular weight excluding hydrogens is 635 g/mol. The van der Waals surface area contributed by atoms with Gasteiger partial charge in [0.1, 0.15) is 17.2 Å². The summed E-state index contributed by atoms with van der Waals surface area (Å²) in [4.78, 5) is 15.6. The second-order valence-corrected chi connectivity index (χ2v) is 12.5. The number of benzene rings is 6. The molecule has 248 valence electrons. The van der Waals surface area contributed by atoms with Gasteiger partial charge in [0.05, 0.1) is 43.4 Å². The van der Waals surface area contributed by atoms with Crippen LogP contribution in [0, 0.1) is 6.92 Å². The summed E-state index contributed by atoms with van der Waals surface area (Å²) in [5.74, 6) is 3.48. The molecule has 8 heteroatoms. The molecule has 8 nitrogen and oxygen atoms in total. The van der Waals surface area contributed by atoms with E-state index < -0.39 is 0 Å². The minimum absolute atomic E-state index is 0.481. The van der Waals surface area contributed by atoms with Crippen molar-refractivity contribution in [3.05, 3.63) is 133 Å². The summed E-state index contributed by atoms with van der Waals surface area (Å²) in [5.41, 5.74) is 7.83. The van der Waals surface area contributed by atoms with Crippen molar-refractivity contribution < 1.29 is 14.2 Å². The van der Waals surface area contributed by atoms with Crippen LogP contribution in [0.4, 0.5) is 0 Å². The molecule has 3 aromatic heterocycles. The molecule has 0 radical (unpaired) electrons. The molecular formula is C43H33N5O3. The lowest BCUT2D eigenvalue weighted by Crippen LogP contribution is -2.07. The van der Waals surface area contributed by atoms with Gasteiger partial charge < -0.3 is 18.8 Å². The van der Waals surface area contributed by atoms with E-state index in [4.69, 9.17) is 29.2 Å². The predicted molar refractivity (Wildman–Crippen MR) is 204 cm³/mol. The van der Waals surface area contributed by atoms with Crippen LogP contribution < -0.4 is 14.2 Å². The summed E-state index contributed by atoms with van der Waals surface area (Å²) >= 11 is 0. The number of aryl methyl sites for hydroxylation is 1. The third-order valence-corrected chi connectivity index (χ3v) is 9.46. The SMILES string of the molecule is COc1cc(C)cc(-c2nc(-c3cc(OC)cc(OC)c3)nc(-n3c4ccccc4c4ccc5c6ccccc6n(-c6ccccc6)c5c43)n2)c1. The molecule has 0 unspecified atom stereocenters. The molecule has 0 N–H and O–H groups in total. The highest BCUT2D eigenvalue weighted by molar-refractivity contribution is 6.23. The minimum atomic E-state index is 0.481. The zero-order valence-electron chi connectivity index (χ0n) is 28.6. The van der Waals surface area contributed by atoms with Gasteiger partial charge in [-0.2, -0.15) is 9.97 Å². The summed E-state index contributed by atoms with van der Waals surface area (Å²) in [5, 5.41) is 4.51. The van der Waals surface area contributed by atoms with Crippen LogP contribution in [0.15, 0.2) is 127 Å². The average molecular weight is 668 g/mol. The molecule has 0 aliphatic rings. The third kappa shape index (κ3) is 4.95. The summed E-state index contributed by atoms with van der Waals surface area (Å²) in [6.07, 6.45) is 0. The molecule has 0 aliphatic carbocycles. The molecule has 51 heavy (non-hydrogen) atoms. The standard InChI is InChI=1S/C43H33N5O3/c1-26-20-27(22-30(21-26)49-2)41-44-42(28-23-31(50-3)25-32(24-28)51-4)46-43(45-41)48-38-17-11-9-15-34(38)36-19-18-35-33-14-8-10-16-37(33)47(39(35)40(36)48)29-12-6-5-7-13-29/h5-25H,1-4H3. The van der Waals surface area contributed by atoms with E-state index in [-0.39, 0.29) is 0 Å². The van der Waals surface area contributed by atoms with Crippen molar-refractivity contribution in [2.75, 3.05) is 21.3 Å². The van der Waals surface area contributed by atoms with E-state index >= 15 is 0 Å². The Balaban J connectivity index is 1.45. The van der Waals surface area contributed by atoms with Crippen LogP contribution in [0.5, 0.6) is 17.2 Å². The fraction of sp³-hybridized carbons (Fsp3) is 0.0930. The molecule has 0 amide bonds. The lowest BCUT2D eigenvalue weighted by Gasteiger charge is -2.14. The van der Waals surface area contributed by atoms with Crippen molar-refractivity contribution in [3.63, 3.8) is 0 Å². The number of nitrogens with zero attached hydrogens (tertiary/aromatic N) is 5. The van der Waals surface area contributed by atoms with Crippen LogP contribution in [0.3, 0.4) is 0 Å². The fourth-order valence-corrected chi connectivity index (χ4v) is 7.21. The number of aromatic nitrogens is 5. The largest absolute Gasteiger partial charge is 0.497 e. The zero-order valence-corrected chi connectivity index (χ0v) is 28.6. The van der Waals surface area contributed by atoms with Crippen molar-refractivity contribution in [1.82, 2.24) is 24.1 Å². The van der Waals surface area contributed by atoms with Gasteiger partial charge in [-0.05, 0) is 67.1 Å². The van der Waals surface area contributed by atoms with Crippen molar-refractivity contribution in [2.45, 2.75) is 6.92 Å². The molecule has 6 aromatic carbocycles. The van der Waals surface area contributed by atoms with E-state index in [0.29, 0.717) is 29.1 Å². The maximum atomic E-state index is 5.67. The van der Waals surface area contributed by atoms with Crippen LogP contribution in [-0.4, -0.2) is 45.4 Å². The van der Waals surface area contributed by atoms with Gasteiger partial charge in [-0.3, -0.25) is 4.57 Å². The number of hydrogen-bond acceptors (Lipinski definition) is 6. The van der Waals surface area contributed by atoms with Crippen molar-refractivity contribution in [2.24, 2.45) is 0 Å². The van der Waals surface area contributed by atoms with Gasteiger partial charge in [0.25, 0.3) is 0 Å². The topological polar surface area (TPSA) is 76.2 Å². The van der Waals surface area contributed by atoms with Crippen molar-refractivity contribution in [1.29, 1.82) is 0 Å². The molecule has 0 atom stereocenters. The molecule has 0 aliphatic heterocycles. The molecule has 0 saturated carbocycles. The Bertz CT molecular complexity index is 2760. The average Bonchev–Trinajstić information content (AvgIpc) is 3.70. The van der Waals surface area contributed by atoms with Gasteiger partial charge in [-0.25, -0.2) is 4.98 Å². The Kier molecular flexibility index (Phi) is 7.17. The Labute approximate surface area is 294 Å². The van der Waals surface area contributed by atoms with Crippen LogP contribution in [-0.2, 0) is 0 Å². The summed E-state index contributed by atoms with van der Waals surface area (Å²) in [6.45, 7) is 2.04. The summed E-state index contributed by atoms with van der Waals surface area (Å²) < 4.78 is 21.5. The van der Waals surface area contributed by atoms with E-state index in [9.17, 15) is 0 Å². The molecule has 3 heterocycles. The molecule has 0 fully saturated rings. The quantitative estimate of drug-likeness (QED) is 0.168. The molecule has 9 aromatic rings. The van der Waals surface area contributed by atoms with E-state index in [1.54, 1.807) is 21.3 Å². The Morgan fingerprint density at radius 3 is 1.53 bits per heavy atom. The Morgan fingerprint density at radius 2 is 0.941 bits per heavy atom. The van der Waals surface area contributed by atoms with Crippen molar-refractivity contribution in [3.8, 4) is 51.7 Å². The van der Waals surface area contributed by atoms with E-state index in [0.717, 1.165) is 66.4 Å². The van der Waals surface area contributed by atoms with Gasteiger partial charge in [0.2, 0.25) is 5.95 Å². The maximum Gasteiger partial charge on any atom is 0.238 e. The summed E-state index contributed by atoms with van der Waals surface area (Å²) in [6, 6.07) is 43.6. The first-order chi connectivity index (χ1) is 25.0. The maximum absolute atomic E-state index is 5.67. The highest BCUT2D eigenvalue weighted by Gasteiger charge is 2.23. The van der Waals surface area contributed by atoms with Gasteiger partial charge >= 0.3 is 0 Å². The second kappa shape index (κ2) is 12.0. The number of ether oxygens (including phenoxy) is 3. The highest BCUT2D eigenvalue weighted by atomic mass is 16.5. The molecule has 0 saturated heterocycles. The summed E-state index contributed by atoms with van der Waals surface area (Å²) in [7, 11) is 4.94. The molecule has 9 rings (SSSR count). The van der Waals surface area contributed by atoms with E-state index in [1.165, 1.54) is 5.39 Å². The Hall–Kier alpha value is -6.67. The van der Waals surface area contributed by atoms with Crippen LogP contribution in [0.2, 0.25) is 0 Å². The first-order valence-corrected chi connectivity index (χ1v) is 16.7. The van der Waals surface area contributed by atoms with E-state index in [2.05, 4.69) is 100 Å². The van der Waals surface area contributed by atoms with E-state index in [1.807, 2.05) is 43.3 Å². The van der Waals surface area contributed by atoms with Gasteiger partial charge in [0, 0.05) is 44.4 Å². The number of para-hydroxylation sites is 3. The zero-order chi connectivity index (χ0) is 34.6. The fourth-order valence-electron chi connectivity index (χ4n) is 7.21. The smallest absolute Gasteiger partial charge is 0.238 e. The molecule has 0 spiro atoms. The van der Waals surface area contributed by atoms with Crippen LogP contribution in [0.1, 0.15) is 5.56 Å². The molecule has 0 bridgehead atoms.